The predicted molar refractivity (Wildman–Crippen MR) is 135 cm³/mol. The summed E-state index contributed by atoms with van der Waals surface area (Å²) < 4.78 is 0. The number of fused-ring (bicyclic) bond motifs is 1. The first-order chi connectivity index (χ1) is 16.5. The van der Waals surface area contributed by atoms with Gasteiger partial charge in [-0.3, -0.25) is 9.69 Å². The first kappa shape index (κ1) is 21.4. The smallest absolute Gasteiger partial charge is 0.311 e. The molecule has 0 amide bonds. The molecule has 3 aliphatic carbocycles. The molecule has 1 saturated carbocycles. The number of carboxylic acids is 1. The Bertz CT molecular complexity index is 1240. The topological polar surface area (TPSA) is 43.8 Å². The highest BCUT2D eigenvalue weighted by atomic mass is 16.4. The summed E-state index contributed by atoms with van der Waals surface area (Å²) >= 11 is 0. The zero-order chi connectivity index (χ0) is 23.5. The van der Waals surface area contributed by atoms with Gasteiger partial charge in [-0.25, -0.2) is 0 Å². The minimum Gasteiger partial charge on any atom is -0.481 e. The molecule has 2 bridgehead atoms. The fraction of sp³-hybridized carbons (Fsp3) is 0.367. The Kier molecular flexibility index (Phi) is 4.86. The van der Waals surface area contributed by atoms with Crippen LogP contribution in [-0.2, 0) is 16.8 Å². The number of likely N-dealkylation sites (tertiary alicyclic amines) is 1. The molecule has 4 nitrogen and oxygen atoms in total. The van der Waals surface area contributed by atoms with Gasteiger partial charge in [0.2, 0.25) is 0 Å². The van der Waals surface area contributed by atoms with Crippen LogP contribution in [0, 0.1) is 11.3 Å². The van der Waals surface area contributed by atoms with Gasteiger partial charge in [0.15, 0.2) is 0 Å². The number of hydrogen-bond acceptors (Lipinski definition) is 3. The highest BCUT2D eigenvalue weighted by molar-refractivity contribution is 5.80. The summed E-state index contributed by atoms with van der Waals surface area (Å²) in [7, 11) is 4.14. The summed E-state index contributed by atoms with van der Waals surface area (Å²) in [6, 6.07) is 28.0. The van der Waals surface area contributed by atoms with E-state index in [0.717, 1.165) is 31.6 Å². The van der Waals surface area contributed by atoms with E-state index in [2.05, 4.69) is 96.7 Å². The molecular weight excluding hydrogens is 420 g/mol. The molecule has 0 spiro atoms. The maximum atomic E-state index is 13.3. The second-order valence-corrected chi connectivity index (χ2v) is 10.6. The van der Waals surface area contributed by atoms with Crippen molar-refractivity contribution in [1.29, 1.82) is 0 Å². The number of hydrogen-bond donors (Lipinski definition) is 1. The third kappa shape index (κ3) is 2.84. The first-order valence-corrected chi connectivity index (χ1v) is 12.3. The van der Waals surface area contributed by atoms with Crippen molar-refractivity contribution in [3.8, 4) is 0 Å². The van der Waals surface area contributed by atoms with Crippen LogP contribution in [0.2, 0.25) is 0 Å². The lowest BCUT2D eigenvalue weighted by Gasteiger charge is -2.59. The molecule has 0 aromatic heterocycles. The van der Waals surface area contributed by atoms with E-state index in [1.54, 1.807) is 0 Å². The van der Waals surface area contributed by atoms with E-state index in [-0.39, 0.29) is 17.3 Å². The highest BCUT2D eigenvalue weighted by Gasteiger charge is 2.70. The van der Waals surface area contributed by atoms with Crippen LogP contribution in [0.25, 0.3) is 0 Å². The molecule has 1 aliphatic heterocycles. The summed E-state index contributed by atoms with van der Waals surface area (Å²) in [4.78, 5) is 17.8. The van der Waals surface area contributed by atoms with E-state index in [9.17, 15) is 9.90 Å². The van der Waals surface area contributed by atoms with E-state index < -0.39 is 11.4 Å². The monoisotopic (exact) mass is 452 g/mol. The SMILES string of the molecule is CN(C)c1cccc(C23CCC(c4ccccc42)C2(C(=O)O)CN(Cc4ccccc4)CC32)c1. The summed E-state index contributed by atoms with van der Waals surface area (Å²) in [5, 5.41) is 10.9. The Labute approximate surface area is 201 Å². The molecule has 3 aromatic rings. The van der Waals surface area contributed by atoms with Gasteiger partial charge in [-0.1, -0.05) is 66.7 Å². The van der Waals surface area contributed by atoms with Gasteiger partial charge in [0, 0.05) is 56.7 Å². The van der Waals surface area contributed by atoms with Crippen molar-refractivity contribution in [3.05, 3.63) is 101 Å². The quantitative estimate of drug-likeness (QED) is 0.583. The number of carbonyl (C=O) groups is 1. The largest absolute Gasteiger partial charge is 0.481 e. The standard InChI is InChI=1S/C30H32N2O2/c1-31(2)23-12-8-11-22(17-23)29-16-15-26(24-13-6-7-14-25(24)29)30(28(33)34)20-32(19-27(29)30)18-21-9-4-3-5-10-21/h3-14,17,26-27H,15-16,18-20H2,1-2H3,(H,33,34). The maximum Gasteiger partial charge on any atom is 0.311 e. The van der Waals surface area contributed by atoms with Gasteiger partial charge in [0.05, 0.1) is 5.41 Å². The van der Waals surface area contributed by atoms with Crippen LogP contribution in [0.4, 0.5) is 5.69 Å². The van der Waals surface area contributed by atoms with Gasteiger partial charge >= 0.3 is 5.97 Å². The van der Waals surface area contributed by atoms with Crippen molar-refractivity contribution < 1.29 is 9.90 Å². The molecule has 1 saturated heterocycles. The molecule has 0 radical (unpaired) electrons. The number of benzene rings is 3. The van der Waals surface area contributed by atoms with Gasteiger partial charge in [0.25, 0.3) is 0 Å². The summed E-state index contributed by atoms with van der Waals surface area (Å²) in [5.74, 6) is -0.529. The molecule has 1 N–H and O–H groups in total. The fourth-order valence-electron chi connectivity index (χ4n) is 7.57. The number of carboxylic acid groups (broad SMARTS) is 1. The molecule has 174 valence electrons. The molecule has 4 unspecified atom stereocenters. The van der Waals surface area contributed by atoms with Gasteiger partial charge in [0.1, 0.15) is 0 Å². The van der Waals surface area contributed by atoms with Crippen LogP contribution >= 0.6 is 0 Å². The zero-order valence-corrected chi connectivity index (χ0v) is 19.9. The Morgan fingerprint density at radius 2 is 1.79 bits per heavy atom. The lowest BCUT2D eigenvalue weighted by Crippen LogP contribution is -2.60. The third-order valence-corrected chi connectivity index (χ3v) is 8.93. The van der Waals surface area contributed by atoms with E-state index >= 15 is 0 Å². The van der Waals surface area contributed by atoms with E-state index in [1.165, 1.54) is 22.3 Å². The maximum absolute atomic E-state index is 13.3. The Hall–Kier alpha value is -3.11. The predicted octanol–water partition coefficient (Wildman–Crippen LogP) is 5.13. The van der Waals surface area contributed by atoms with Crippen LogP contribution < -0.4 is 4.90 Å². The molecule has 1 heterocycles. The van der Waals surface area contributed by atoms with E-state index in [1.807, 2.05) is 6.07 Å². The Balaban J connectivity index is 1.54. The zero-order valence-electron chi connectivity index (χ0n) is 19.9. The van der Waals surface area contributed by atoms with Crippen LogP contribution in [0.1, 0.15) is 41.0 Å². The molecule has 4 heteroatoms. The summed E-state index contributed by atoms with van der Waals surface area (Å²) in [6.07, 6.45) is 1.93. The second kappa shape index (κ2) is 7.71. The lowest BCUT2D eigenvalue weighted by molar-refractivity contribution is -0.157. The minimum atomic E-state index is -0.768. The van der Waals surface area contributed by atoms with Gasteiger partial charge in [-0.15, -0.1) is 0 Å². The molecule has 4 aliphatic rings. The van der Waals surface area contributed by atoms with Crippen LogP contribution in [0.15, 0.2) is 78.9 Å². The molecule has 7 rings (SSSR count). The van der Waals surface area contributed by atoms with E-state index in [0.29, 0.717) is 6.54 Å². The second-order valence-electron chi connectivity index (χ2n) is 10.6. The average molecular weight is 453 g/mol. The number of nitrogens with zero attached hydrogens (tertiary/aromatic N) is 2. The van der Waals surface area contributed by atoms with Crippen LogP contribution in [0.3, 0.4) is 0 Å². The average Bonchev–Trinajstić information content (AvgIpc) is 3.27. The normalized spacial score (nSPS) is 29.5. The number of anilines is 1. The van der Waals surface area contributed by atoms with Crippen molar-refractivity contribution in [1.82, 2.24) is 4.90 Å². The third-order valence-electron chi connectivity index (χ3n) is 8.93. The fourth-order valence-corrected chi connectivity index (χ4v) is 7.57. The molecule has 3 aromatic carbocycles. The molecular formula is C30H32N2O2. The lowest BCUT2D eigenvalue weighted by atomic mass is 9.42. The molecule has 2 fully saturated rings. The minimum absolute atomic E-state index is 0.0345. The Morgan fingerprint density at radius 3 is 2.56 bits per heavy atom. The van der Waals surface area contributed by atoms with E-state index in [4.69, 9.17) is 0 Å². The van der Waals surface area contributed by atoms with Crippen molar-refractivity contribution in [2.45, 2.75) is 30.7 Å². The van der Waals surface area contributed by atoms with Crippen molar-refractivity contribution in [2.75, 3.05) is 32.1 Å². The highest BCUT2D eigenvalue weighted by Crippen LogP contribution is 2.69. The number of rotatable bonds is 5. The van der Waals surface area contributed by atoms with Crippen molar-refractivity contribution in [2.24, 2.45) is 11.3 Å². The summed E-state index contributed by atoms with van der Waals surface area (Å²) in [5.41, 5.74) is 5.22. The van der Waals surface area contributed by atoms with Crippen molar-refractivity contribution in [3.63, 3.8) is 0 Å². The van der Waals surface area contributed by atoms with Gasteiger partial charge in [-0.2, -0.15) is 0 Å². The summed E-state index contributed by atoms with van der Waals surface area (Å²) in [6.45, 7) is 2.21. The molecule has 4 atom stereocenters. The Morgan fingerprint density at radius 1 is 1.03 bits per heavy atom. The molecule has 34 heavy (non-hydrogen) atoms. The van der Waals surface area contributed by atoms with Crippen LogP contribution in [0.5, 0.6) is 0 Å². The van der Waals surface area contributed by atoms with Gasteiger partial charge < -0.3 is 10.0 Å². The van der Waals surface area contributed by atoms with Gasteiger partial charge in [-0.05, 0) is 47.2 Å². The van der Waals surface area contributed by atoms with Crippen LogP contribution in [-0.4, -0.2) is 43.2 Å². The number of aliphatic carboxylic acids is 1. The first-order valence-electron chi connectivity index (χ1n) is 12.3. The van der Waals surface area contributed by atoms with Crippen molar-refractivity contribution >= 4 is 11.7 Å².